The predicted octanol–water partition coefficient (Wildman–Crippen LogP) is 2.85. The van der Waals surface area contributed by atoms with Gasteiger partial charge in [-0.25, -0.2) is 17.7 Å². The third-order valence-electron chi connectivity index (χ3n) is 3.90. The van der Waals surface area contributed by atoms with Gasteiger partial charge in [0.15, 0.2) is 11.6 Å². The Balaban J connectivity index is 1.94. The van der Waals surface area contributed by atoms with Crippen molar-refractivity contribution in [2.75, 3.05) is 6.54 Å². The molecule has 3 aromatic rings. The second kappa shape index (κ2) is 8.74. The minimum absolute atomic E-state index is 0.145. The summed E-state index contributed by atoms with van der Waals surface area (Å²) in [7, 11) is 0. The van der Waals surface area contributed by atoms with Crippen molar-refractivity contribution >= 4 is 39.7 Å². The summed E-state index contributed by atoms with van der Waals surface area (Å²) in [6.45, 7) is 0.145. The fourth-order valence-electron chi connectivity index (χ4n) is 2.60. The van der Waals surface area contributed by atoms with Crippen molar-refractivity contribution in [1.29, 1.82) is 0 Å². The average Bonchev–Trinajstić information content (AvgIpc) is 2.68. The van der Waals surface area contributed by atoms with E-state index in [1.807, 2.05) is 0 Å². The molecule has 0 radical (unpaired) electrons. The molecule has 146 valence electrons. The first-order valence-corrected chi connectivity index (χ1v) is 9.49. The molecule has 1 unspecified atom stereocenters. The zero-order valence-electron chi connectivity index (χ0n) is 14.2. The minimum Gasteiger partial charge on any atom is -0.294 e. The van der Waals surface area contributed by atoms with E-state index in [4.69, 9.17) is 16.2 Å². The molecule has 1 atom stereocenters. The van der Waals surface area contributed by atoms with E-state index in [-0.39, 0.29) is 29.2 Å². The molecule has 2 heterocycles. The highest BCUT2D eigenvalue weighted by Gasteiger charge is 2.25. The van der Waals surface area contributed by atoms with Gasteiger partial charge >= 0.3 is 0 Å². The van der Waals surface area contributed by atoms with Gasteiger partial charge in [-0.3, -0.25) is 24.3 Å². The number of carbonyl (C=O) groups excluding carboxylic acids is 1. The number of fused-ring (bicyclic) bond motifs is 1. The molecule has 0 aliphatic rings. The van der Waals surface area contributed by atoms with Gasteiger partial charge < -0.3 is 0 Å². The standard InChI is InChI=1S/C17H13ClF2N4O3S/c18-15-9(2-1-3-24-28(26)27)6-10(19)16(20)14(15)17(25)12-7-11-13(8-23-12)22-5-4-21-11/h4-8,24H,1-3H2,(H,26,27). The molecule has 7 nitrogen and oxygen atoms in total. The first-order valence-electron chi connectivity index (χ1n) is 8.00. The molecule has 0 saturated carbocycles. The van der Waals surface area contributed by atoms with Crippen molar-refractivity contribution in [1.82, 2.24) is 19.7 Å². The van der Waals surface area contributed by atoms with E-state index in [2.05, 4.69) is 19.7 Å². The number of aromatic nitrogens is 3. The van der Waals surface area contributed by atoms with Crippen LogP contribution in [0.5, 0.6) is 0 Å². The summed E-state index contributed by atoms with van der Waals surface area (Å²) in [5.41, 5.74) is 0.250. The number of rotatable bonds is 7. The van der Waals surface area contributed by atoms with E-state index in [1.165, 1.54) is 24.7 Å². The Bertz CT molecular complexity index is 1080. The highest BCUT2D eigenvalue weighted by Crippen LogP contribution is 2.29. The van der Waals surface area contributed by atoms with Crippen LogP contribution >= 0.6 is 11.6 Å². The number of ketones is 1. The summed E-state index contributed by atoms with van der Waals surface area (Å²) in [5, 5.41) is -0.227. The van der Waals surface area contributed by atoms with Gasteiger partial charge in [0.25, 0.3) is 0 Å². The highest BCUT2D eigenvalue weighted by atomic mass is 35.5. The second-order valence-electron chi connectivity index (χ2n) is 5.71. The van der Waals surface area contributed by atoms with Gasteiger partial charge in [0.2, 0.25) is 17.0 Å². The number of halogens is 3. The minimum atomic E-state index is -2.18. The molecule has 1 aromatic carbocycles. The smallest absolute Gasteiger partial charge is 0.231 e. The highest BCUT2D eigenvalue weighted by molar-refractivity contribution is 7.77. The van der Waals surface area contributed by atoms with Crippen LogP contribution in [0.3, 0.4) is 0 Å². The Morgan fingerprint density at radius 2 is 1.89 bits per heavy atom. The number of carbonyl (C=O) groups is 1. The molecule has 0 aliphatic heterocycles. The summed E-state index contributed by atoms with van der Waals surface area (Å²) in [6.07, 6.45) is 4.67. The van der Waals surface area contributed by atoms with E-state index in [0.717, 1.165) is 6.07 Å². The predicted molar refractivity (Wildman–Crippen MR) is 99.2 cm³/mol. The molecule has 3 rings (SSSR count). The number of nitrogens with zero attached hydrogens (tertiary/aromatic N) is 3. The van der Waals surface area contributed by atoms with Crippen LogP contribution in [0.2, 0.25) is 5.02 Å². The van der Waals surface area contributed by atoms with Gasteiger partial charge in [0.1, 0.15) is 11.2 Å². The maximum absolute atomic E-state index is 14.4. The van der Waals surface area contributed by atoms with E-state index in [0.29, 0.717) is 17.5 Å². The Hall–Kier alpha value is -2.40. The molecule has 0 amide bonds. The van der Waals surface area contributed by atoms with Crippen molar-refractivity contribution in [3.8, 4) is 0 Å². The summed E-state index contributed by atoms with van der Waals surface area (Å²) in [4.78, 5) is 24.8. The molecule has 0 saturated heterocycles. The molecule has 2 N–H and O–H groups in total. The normalized spacial score (nSPS) is 12.3. The van der Waals surface area contributed by atoms with Gasteiger partial charge in [-0.05, 0) is 30.5 Å². The van der Waals surface area contributed by atoms with Gasteiger partial charge in [-0.2, -0.15) is 0 Å². The number of pyridine rings is 1. The Morgan fingerprint density at radius 1 is 1.18 bits per heavy atom. The molecule has 0 bridgehead atoms. The van der Waals surface area contributed by atoms with Crippen molar-refractivity contribution < 1.29 is 22.3 Å². The lowest BCUT2D eigenvalue weighted by Crippen LogP contribution is -2.18. The fraction of sp³-hybridized carbons (Fsp3) is 0.176. The largest absolute Gasteiger partial charge is 0.294 e. The van der Waals surface area contributed by atoms with Crippen molar-refractivity contribution in [2.24, 2.45) is 0 Å². The van der Waals surface area contributed by atoms with Crippen LogP contribution < -0.4 is 4.72 Å². The molecule has 0 spiro atoms. The van der Waals surface area contributed by atoms with Gasteiger partial charge in [0.05, 0.1) is 22.3 Å². The van der Waals surface area contributed by atoms with Crippen LogP contribution in [0.4, 0.5) is 8.78 Å². The number of benzene rings is 1. The Labute approximate surface area is 165 Å². The summed E-state index contributed by atoms with van der Waals surface area (Å²) in [6, 6.07) is 2.23. The maximum atomic E-state index is 14.4. The Kier molecular flexibility index (Phi) is 6.35. The third-order valence-corrected chi connectivity index (χ3v) is 4.78. The maximum Gasteiger partial charge on any atom is 0.231 e. The quantitative estimate of drug-likeness (QED) is 0.260. The molecule has 2 aromatic heterocycles. The van der Waals surface area contributed by atoms with Crippen LogP contribution in [-0.4, -0.2) is 36.0 Å². The van der Waals surface area contributed by atoms with Crippen molar-refractivity contribution in [2.45, 2.75) is 12.8 Å². The number of hydrogen-bond acceptors (Lipinski definition) is 5. The monoisotopic (exact) mass is 426 g/mol. The molecular weight excluding hydrogens is 414 g/mol. The zero-order chi connectivity index (χ0) is 20.3. The number of nitrogens with one attached hydrogen (secondary N) is 1. The van der Waals surface area contributed by atoms with Crippen LogP contribution in [0.1, 0.15) is 28.0 Å². The van der Waals surface area contributed by atoms with Gasteiger partial charge in [-0.1, -0.05) is 11.6 Å². The second-order valence-corrected chi connectivity index (χ2v) is 6.88. The van der Waals surface area contributed by atoms with Gasteiger partial charge in [-0.15, -0.1) is 0 Å². The third kappa shape index (κ3) is 4.36. The topological polar surface area (TPSA) is 105 Å². The van der Waals surface area contributed by atoms with Crippen molar-refractivity contribution in [3.05, 3.63) is 64.2 Å². The fourth-order valence-corrected chi connectivity index (χ4v) is 3.23. The van der Waals surface area contributed by atoms with Crippen LogP contribution in [0.15, 0.2) is 30.7 Å². The summed E-state index contributed by atoms with van der Waals surface area (Å²) < 4.78 is 49.9. The lowest BCUT2D eigenvalue weighted by Gasteiger charge is -2.11. The summed E-state index contributed by atoms with van der Waals surface area (Å²) in [5.74, 6) is -3.47. The van der Waals surface area contributed by atoms with E-state index < -0.39 is 34.2 Å². The number of aryl methyl sites for hydroxylation is 1. The van der Waals surface area contributed by atoms with Crippen LogP contribution in [0.25, 0.3) is 11.0 Å². The van der Waals surface area contributed by atoms with Gasteiger partial charge in [0, 0.05) is 18.9 Å². The SMILES string of the molecule is O=C(c1cc2nccnc2cn1)c1c(F)c(F)cc(CCCNS(=O)O)c1Cl. The molecule has 11 heteroatoms. The number of hydrogen-bond donors (Lipinski definition) is 2. The molecule has 0 aliphatic carbocycles. The van der Waals surface area contributed by atoms with Crippen LogP contribution in [-0.2, 0) is 17.7 Å². The van der Waals surface area contributed by atoms with Crippen LogP contribution in [0, 0.1) is 11.6 Å². The zero-order valence-corrected chi connectivity index (χ0v) is 15.7. The summed E-state index contributed by atoms with van der Waals surface area (Å²) >= 11 is 4.00. The average molecular weight is 427 g/mol. The molecule has 0 fully saturated rings. The first-order chi connectivity index (χ1) is 13.4. The first kappa shape index (κ1) is 20.3. The molecular formula is C17H13ClF2N4O3S. The Morgan fingerprint density at radius 3 is 2.61 bits per heavy atom. The van der Waals surface area contributed by atoms with Crippen molar-refractivity contribution in [3.63, 3.8) is 0 Å². The van der Waals surface area contributed by atoms with E-state index in [1.54, 1.807) is 0 Å². The molecule has 28 heavy (non-hydrogen) atoms. The lowest BCUT2D eigenvalue weighted by atomic mass is 10.0. The van der Waals surface area contributed by atoms with E-state index >= 15 is 0 Å². The lowest BCUT2D eigenvalue weighted by molar-refractivity contribution is 0.102. The van der Waals surface area contributed by atoms with E-state index in [9.17, 15) is 17.8 Å².